The molecule has 0 spiro atoms. The molecule has 2 aromatic rings. The summed E-state index contributed by atoms with van der Waals surface area (Å²) in [6, 6.07) is 6.66. The van der Waals surface area contributed by atoms with Gasteiger partial charge in [-0.05, 0) is 71.7 Å². The van der Waals surface area contributed by atoms with Gasteiger partial charge in [0, 0.05) is 18.2 Å². The number of aryl methyl sites for hydroxylation is 2. The molecule has 0 saturated carbocycles. The standard InChI is InChI=1S/C21H30N2O3/c1-6-24-20-12-17(9-10-19(20)25-14(2)3)13-23-11-7-8-18(23)21-15(4)22-26-16(21)5/h9-10,12,14,18H,6-8,11,13H2,1-5H3. The van der Waals surface area contributed by atoms with Crippen LogP contribution in [0.25, 0.3) is 0 Å². The zero-order valence-electron chi connectivity index (χ0n) is 16.5. The van der Waals surface area contributed by atoms with E-state index in [0.717, 1.165) is 42.5 Å². The second-order valence-corrected chi connectivity index (χ2v) is 7.25. The van der Waals surface area contributed by atoms with Crippen LogP contribution in [0.4, 0.5) is 0 Å². The lowest BCUT2D eigenvalue weighted by Gasteiger charge is -2.25. The van der Waals surface area contributed by atoms with Crippen molar-refractivity contribution in [2.24, 2.45) is 0 Å². The third-order valence-corrected chi connectivity index (χ3v) is 4.84. The maximum atomic E-state index is 5.88. The Kier molecular flexibility index (Phi) is 5.87. The molecule has 0 amide bonds. The zero-order chi connectivity index (χ0) is 18.7. The van der Waals surface area contributed by atoms with Crippen LogP contribution in [0, 0.1) is 13.8 Å². The summed E-state index contributed by atoms with van der Waals surface area (Å²) in [7, 11) is 0. The predicted molar refractivity (Wildman–Crippen MR) is 102 cm³/mol. The van der Waals surface area contributed by atoms with Gasteiger partial charge in [-0.3, -0.25) is 4.90 Å². The molecule has 0 bridgehead atoms. The fraction of sp³-hybridized carbons (Fsp3) is 0.571. The van der Waals surface area contributed by atoms with Crippen molar-refractivity contribution in [1.82, 2.24) is 10.1 Å². The van der Waals surface area contributed by atoms with E-state index >= 15 is 0 Å². The second kappa shape index (κ2) is 8.12. The molecule has 1 aliphatic rings. The Morgan fingerprint density at radius 3 is 2.73 bits per heavy atom. The quantitative estimate of drug-likeness (QED) is 0.710. The normalized spacial score (nSPS) is 17.8. The summed E-state index contributed by atoms with van der Waals surface area (Å²) in [5.74, 6) is 2.58. The van der Waals surface area contributed by atoms with Crippen LogP contribution < -0.4 is 9.47 Å². The van der Waals surface area contributed by atoms with E-state index in [2.05, 4.69) is 22.2 Å². The van der Waals surface area contributed by atoms with Crippen LogP contribution in [-0.4, -0.2) is 29.3 Å². The van der Waals surface area contributed by atoms with Crippen LogP contribution in [-0.2, 0) is 6.54 Å². The van der Waals surface area contributed by atoms with Crippen molar-refractivity contribution in [3.63, 3.8) is 0 Å². The topological polar surface area (TPSA) is 47.7 Å². The summed E-state index contributed by atoms with van der Waals surface area (Å²) in [4.78, 5) is 2.51. The minimum Gasteiger partial charge on any atom is -0.490 e. The molecule has 5 nitrogen and oxygen atoms in total. The highest BCUT2D eigenvalue weighted by molar-refractivity contribution is 5.43. The zero-order valence-corrected chi connectivity index (χ0v) is 16.5. The fourth-order valence-corrected chi connectivity index (χ4v) is 3.81. The first kappa shape index (κ1) is 18.8. The third kappa shape index (κ3) is 4.04. The van der Waals surface area contributed by atoms with Gasteiger partial charge in [0.05, 0.1) is 18.4 Å². The average molecular weight is 358 g/mol. The highest BCUT2D eigenvalue weighted by Gasteiger charge is 2.30. The molecule has 1 unspecified atom stereocenters. The van der Waals surface area contributed by atoms with E-state index in [0.29, 0.717) is 12.6 Å². The maximum absolute atomic E-state index is 5.88. The number of nitrogens with zero attached hydrogens (tertiary/aromatic N) is 2. The van der Waals surface area contributed by atoms with Crippen LogP contribution in [0.1, 0.15) is 62.2 Å². The van der Waals surface area contributed by atoms with Crippen LogP contribution in [0.15, 0.2) is 22.7 Å². The summed E-state index contributed by atoms with van der Waals surface area (Å²) in [6.45, 7) is 12.7. The van der Waals surface area contributed by atoms with E-state index in [9.17, 15) is 0 Å². The summed E-state index contributed by atoms with van der Waals surface area (Å²) in [5.41, 5.74) is 3.51. The lowest BCUT2D eigenvalue weighted by atomic mass is 10.0. The Morgan fingerprint density at radius 1 is 1.27 bits per heavy atom. The Morgan fingerprint density at radius 2 is 2.08 bits per heavy atom. The molecule has 0 N–H and O–H groups in total. The van der Waals surface area contributed by atoms with Crippen molar-refractivity contribution in [3.05, 3.63) is 40.8 Å². The molecule has 1 atom stereocenters. The fourth-order valence-electron chi connectivity index (χ4n) is 3.81. The first-order valence-electron chi connectivity index (χ1n) is 9.58. The summed E-state index contributed by atoms with van der Waals surface area (Å²) in [5, 5.41) is 4.14. The monoisotopic (exact) mass is 358 g/mol. The third-order valence-electron chi connectivity index (χ3n) is 4.84. The SMILES string of the molecule is CCOc1cc(CN2CCCC2c2c(C)noc2C)ccc1OC(C)C. The van der Waals surface area contributed by atoms with E-state index in [1.54, 1.807) is 0 Å². The first-order chi connectivity index (χ1) is 12.5. The van der Waals surface area contributed by atoms with Crippen molar-refractivity contribution >= 4 is 0 Å². The van der Waals surface area contributed by atoms with Gasteiger partial charge in [-0.1, -0.05) is 11.2 Å². The maximum Gasteiger partial charge on any atom is 0.161 e. The average Bonchev–Trinajstić information content (AvgIpc) is 3.16. The Balaban J connectivity index is 1.80. The van der Waals surface area contributed by atoms with Gasteiger partial charge in [0.2, 0.25) is 0 Å². The molecule has 26 heavy (non-hydrogen) atoms. The number of benzene rings is 1. The largest absolute Gasteiger partial charge is 0.490 e. The molecular formula is C21H30N2O3. The number of ether oxygens (including phenoxy) is 2. The van der Waals surface area contributed by atoms with Crippen LogP contribution >= 0.6 is 0 Å². The molecule has 1 aliphatic heterocycles. The van der Waals surface area contributed by atoms with Gasteiger partial charge in [-0.25, -0.2) is 0 Å². The Hall–Kier alpha value is -2.01. The molecule has 3 rings (SSSR count). The van der Waals surface area contributed by atoms with Gasteiger partial charge in [0.15, 0.2) is 11.5 Å². The smallest absolute Gasteiger partial charge is 0.161 e. The molecule has 5 heteroatoms. The molecule has 1 saturated heterocycles. The molecule has 1 aromatic carbocycles. The van der Waals surface area contributed by atoms with Gasteiger partial charge < -0.3 is 14.0 Å². The van der Waals surface area contributed by atoms with Gasteiger partial charge in [0.25, 0.3) is 0 Å². The van der Waals surface area contributed by atoms with Gasteiger partial charge in [-0.2, -0.15) is 0 Å². The van der Waals surface area contributed by atoms with Crippen molar-refractivity contribution in [2.75, 3.05) is 13.2 Å². The Bertz CT molecular complexity index is 719. The molecule has 142 valence electrons. The molecular weight excluding hydrogens is 328 g/mol. The van der Waals surface area contributed by atoms with E-state index in [1.807, 2.05) is 40.7 Å². The Labute approximate surface area is 156 Å². The summed E-state index contributed by atoms with van der Waals surface area (Å²) < 4.78 is 17.1. The van der Waals surface area contributed by atoms with Crippen LogP contribution in [0.5, 0.6) is 11.5 Å². The number of likely N-dealkylation sites (tertiary alicyclic amines) is 1. The molecule has 2 heterocycles. The number of aromatic nitrogens is 1. The highest BCUT2D eigenvalue weighted by atomic mass is 16.5. The van der Waals surface area contributed by atoms with Crippen molar-refractivity contribution in [2.45, 2.75) is 66.2 Å². The van der Waals surface area contributed by atoms with Crippen LogP contribution in [0.2, 0.25) is 0 Å². The number of rotatable bonds is 7. The molecule has 0 aliphatic carbocycles. The predicted octanol–water partition coefficient (Wildman–Crippen LogP) is 4.81. The lowest BCUT2D eigenvalue weighted by molar-refractivity contribution is 0.222. The van der Waals surface area contributed by atoms with E-state index in [4.69, 9.17) is 14.0 Å². The van der Waals surface area contributed by atoms with Crippen molar-refractivity contribution in [3.8, 4) is 11.5 Å². The van der Waals surface area contributed by atoms with E-state index in [1.165, 1.54) is 17.5 Å². The first-order valence-corrected chi connectivity index (χ1v) is 9.58. The van der Waals surface area contributed by atoms with Crippen molar-refractivity contribution < 1.29 is 14.0 Å². The highest BCUT2D eigenvalue weighted by Crippen LogP contribution is 2.37. The second-order valence-electron chi connectivity index (χ2n) is 7.25. The number of hydrogen-bond donors (Lipinski definition) is 0. The molecule has 0 radical (unpaired) electrons. The van der Waals surface area contributed by atoms with Gasteiger partial charge in [-0.15, -0.1) is 0 Å². The number of hydrogen-bond acceptors (Lipinski definition) is 5. The van der Waals surface area contributed by atoms with E-state index in [-0.39, 0.29) is 6.10 Å². The lowest BCUT2D eigenvalue weighted by Crippen LogP contribution is -2.23. The van der Waals surface area contributed by atoms with E-state index < -0.39 is 0 Å². The van der Waals surface area contributed by atoms with Crippen LogP contribution in [0.3, 0.4) is 0 Å². The molecule has 1 fully saturated rings. The summed E-state index contributed by atoms with van der Waals surface area (Å²) in [6.07, 6.45) is 2.47. The van der Waals surface area contributed by atoms with Gasteiger partial charge >= 0.3 is 0 Å². The summed E-state index contributed by atoms with van der Waals surface area (Å²) >= 11 is 0. The minimum absolute atomic E-state index is 0.127. The van der Waals surface area contributed by atoms with Gasteiger partial charge in [0.1, 0.15) is 5.76 Å². The molecule has 1 aromatic heterocycles. The minimum atomic E-state index is 0.127. The van der Waals surface area contributed by atoms with Crippen molar-refractivity contribution in [1.29, 1.82) is 0 Å².